The number of rotatable bonds is 27. The molecule has 4 aliphatic carbocycles. The van der Waals surface area contributed by atoms with E-state index in [1.807, 2.05) is 20.1 Å². The number of nitro groups is 1. The van der Waals surface area contributed by atoms with E-state index in [4.69, 9.17) is 14.2 Å². The van der Waals surface area contributed by atoms with Crippen LogP contribution >= 0.6 is 11.8 Å². The van der Waals surface area contributed by atoms with Crippen molar-refractivity contribution < 1.29 is 43.1 Å². The van der Waals surface area contributed by atoms with Crippen LogP contribution in [0, 0.1) is 62.4 Å². The molecular weight excluding hydrogens is 971 g/mol. The average molecular weight is 1060 g/mol. The third-order valence-electron chi connectivity index (χ3n) is 17.3. The van der Waals surface area contributed by atoms with Crippen LogP contribution in [-0.4, -0.2) is 78.1 Å². The Hall–Kier alpha value is -4.96. The van der Waals surface area contributed by atoms with Crippen LogP contribution in [0.25, 0.3) is 0 Å². The van der Waals surface area contributed by atoms with Gasteiger partial charge in [0.05, 0.1) is 11.0 Å². The molecule has 4 aliphatic rings. The summed E-state index contributed by atoms with van der Waals surface area (Å²) in [5.41, 5.74) is 3.30. The van der Waals surface area contributed by atoms with Gasteiger partial charge in [-0.15, -0.1) is 0 Å². The number of ether oxygens (including phenoxy) is 3. The van der Waals surface area contributed by atoms with Crippen LogP contribution in [0.2, 0.25) is 0 Å². The number of benzene rings is 2. The summed E-state index contributed by atoms with van der Waals surface area (Å²) in [6.45, 7) is 17.3. The van der Waals surface area contributed by atoms with Gasteiger partial charge in [-0.1, -0.05) is 91.5 Å². The van der Waals surface area contributed by atoms with Crippen molar-refractivity contribution in [2.24, 2.45) is 52.3 Å². The Balaban J connectivity index is 0.883. The highest BCUT2D eigenvalue weighted by atomic mass is 32.2. The number of nitrogens with zero attached hydrogens (tertiary/aromatic N) is 1. The van der Waals surface area contributed by atoms with Crippen LogP contribution in [0.5, 0.6) is 5.75 Å². The normalized spacial score (nSPS) is 25.1. The molecule has 4 amide bonds. The first kappa shape index (κ1) is 59.3. The first-order chi connectivity index (χ1) is 35.8. The number of fused-ring (bicyclic) bond motifs is 5. The minimum Gasteiger partial charge on any atom is -0.429 e. The summed E-state index contributed by atoms with van der Waals surface area (Å²) in [5.74, 6) is 4.07. The number of hydrogen-bond acceptors (Lipinski definition) is 11. The molecule has 3 saturated carbocycles. The summed E-state index contributed by atoms with van der Waals surface area (Å²) in [6, 6.07) is 9.78. The molecule has 2 aromatic rings. The predicted molar refractivity (Wildman–Crippen MR) is 295 cm³/mol. The van der Waals surface area contributed by atoms with Gasteiger partial charge >= 0.3 is 6.16 Å². The molecule has 0 heterocycles. The number of nitro benzene ring substituents is 1. The number of non-ortho nitro benzene ring substituents is 1. The summed E-state index contributed by atoms with van der Waals surface area (Å²) in [6.07, 6.45) is 19.2. The molecule has 10 atom stereocenters. The fraction of sp³-hybridized carbons (Fsp3) is 0.678. The van der Waals surface area contributed by atoms with Gasteiger partial charge in [0.1, 0.15) is 24.4 Å². The van der Waals surface area contributed by atoms with Crippen molar-refractivity contribution in [2.75, 3.05) is 30.5 Å². The Morgan fingerprint density at radius 1 is 0.800 bits per heavy atom. The maximum atomic E-state index is 13.7. The Bertz CT molecular complexity index is 2270. The lowest BCUT2D eigenvalue weighted by Gasteiger charge is -2.58. The molecule has 2 aromatic carbocycles. The van der Waals surface area contributed by atoms with Crippen molar-refractivity contribution in [1.29, 1.82) is 0 Å². The Morgan fingerprint density at radius 2 is 1.53 bits per heavy atom. The van der Waals surface area contributed by atoms with Gasteiger partial charge in [0, 0.05) is 43.8 Å². The maximum absolute atomic E-state index is 13.7. The molecule has 16 heteroatoms. The fourth-order valence-electron chi connectivity index (χ4n) is 13.2. The van der Waals surface area contributed by atoms with Gasteiger partial charge in [-0.3, -0.25) is 29.3 Å². The smallest absolute Gasteiger partial charge is 0.429 e. The van der Waals surface area contributed by atoms with Crippen LogP contribution in [0.4, 0.5) is 16.2 Å². The van der Waals surface area contributed by atoms with Gasteiger partial charge in [0.2, 0.25) is 23.6 Å². The molecule has 0 bridgehead atoms. The zero-order valence-electron chi connectivity index (χ0n) is 46.0. The van der Waals surface area contributed by atoms with Gasteiger partial charge < -0.3 is 35.5 Å². The first-order valence-corrected chi connectivity index (χ1v) is 29.3. The SMILES string of the molecule is CSCC[C@H](NC(=O)[C@H](CC(C)C)NC(=O)CCC(=O)NCCCO[C@H]1CC[C@@]2(C)C(=CC[C@@H]3[C@@H]2CC[C@]2(C)C([C@H](C)CCCC(C)C)CC[C@@H]32)C1)C(=O)Nc1ccc(COC(=O)Oc2ccc([N+](=O)[O-])cc2)cc1. The monoisotopic (exact) mass is 1060 g/mol. The Labute approximate surface area is 450 Å². The first-order valence-electron chi connectivity index (χ1n) is 27.9. The van der Waals surface area contributed by atoms with Gasteiger partial charge in [-0.2, -0.15) is 11.8 Å². The van der Waals surface area contributed by atoms with Crippen LogP contribution in [0.1, 0.15) is 157 Å². The standard InChI is InChI=1S/C59H87N5O10S/c1-38(2)11-9-12-40(5)48-23-24-49-47-22-15-42-36-46(27-30-58(42,6)50(47)28-31-59(48,49)7)72-33-10-32-60-53(65)25-26-54(66)62-52(35-39(3)4)56(68)63-51(29-34-75-8)55(67)61-43-16-13-41(14-17-43)37-73-57(69)74-45-20-18-44(19-21-45)64(70)71/h13-21,38-40,46-52H,9-12,22-37H2,1-8H3,(H,60,65)(H,61,67)(H,62,66)(H,63,68)/t40-,46+,47+,48?,49+,50+,51+,52+,58+,59-/m1/s1. The van der Waals surface area contributed by atoms with Crippen molar-refractivity contribution in [2.45, 2.75) is 176 Å². The van der Waals surface area contributed by atoms with E-state index in [9.17, 15) is 34.1 Å². The van der Waals surface area contributed by atoms with Gasteiger partial charge in [0.25, 0.3) is 5.69 Å². The molecule has 6 rings (SSSR count). The van der Waals surface area contributed by atoms with E-state index in [-0.39, 0.29) is 54.2 Å². The quantitative estimate of drug-likeness (QED) is 0.0165. The van der Waals surface area contributed by atoms with Crippen molar-refractivity contribution in [1.82, 2.24) is 16.0 Å². The maximum Gasteiger partial charge on any atom is 0.514 e. The predicted octanol–water partition coefficient (Wildman–Crippen LogP) is 11.7. The van der Waals surface area contributed by atoms with Crippen molar-refractivity contribution in [3.63, 3.8) is 0 Å². The molecule has 0 saturated heterocycles. The number of allylic oxidation sites excluding steroid dienone is 1. The van der Waals surface area contributed by atoms with Crippen molar-refractivity contribution in [3.8, 4) is 5.75 Å². The van der Waals surface area contributed by atoms with Gasteiger partial charge in [0.15, 0.2) is 0 Å². The van der Waals surface area contributed by atoms with Gasteiger partial charge in [-0.25, -0.2) is 4.79 Å². The fourth-order valence-corrected chi connectivity index (χ4v) is 13.7. The van der Waals surface area contributed by atoms with Crippen LogP contribution in [-0.2, 0) is 35.3 Å². The lowest BCUT2D eigenvalue weighted by Crippen LogP contribution is -2.53. The third kappa shape index (κ3) is 16.5. The zero-order valence-corrected chi connectivity index (χ0v) is 46.9. The molecule has 15 nitrogen and oxygen atoms in total. The van der Waals surface area contributed by atoms with Crippen molar-refractivity contribution in [3.05, 3.63) is 75.9 Å². The molecule has 1 unspecified atom stereocenters. The van der Waals surface area contributed by atoms with E-state index < -0.39 is 40.9 Å². The van der Waals surface area contributed by atoms with E-state index in [1.54, 1.807) is 29.8 Å². The number of thioether (sulfide) groups is 1. The number of carbonyl (C=O) groups is 5. The van der Waals surface area contributed by atoms with Crippen molar-refractivity contribution >= 4 is 52.9 Å². The highest BCUT2D eigenvalue weighted by molar-refractivity contribution is 7.98. The lowest BCUT2D eigenvalue weighted by molar-refractivity contribution is -0.384. The van der Waals surface area contributed by atoms with E-state index in [2.05, 4.69) is 62.0 Å². The minimum atomic E-state index is -0.991. The topological polar surface area (TPSA) is 204 Å². The summed E-state index contributed by atoms with van der Waals surface area (Å²) >= 11 is 1.53. The molecule has 0 aromatic heterocycles. The number of anilines is 1. The van der Waals surface area contributed by atoms with Crippen LogP contribution in [0.15, 0.2) is 60.2 Å². The molecular formula is C59H87N5O10S. The number of hydrogen-bond donors (Lipinski definition) is 4. The average Bonchev–Trinajstić information content (AvgIpc) is 3.73. The second-order valence-electron chi connectivity index (χ2n) is 23.4. The third-order valence-corrected chi connectivity index (χ3v) is 17.9. The van der Waals surface area contributed by atoms with Crippen LogP contribution in [0.3, 0.4) is 0 Å². The number of nitrogens with one attached hydrogen (secondary N) is 4. The lowest BCUT2D eigenvalue weighted by atomic mass is 9.47. The van der Waals surface area contributed by atoms with E-state index in [1.165, 1.54) is 93.8 Å². The second-order valence-corrected chi connectivity index (χ2v) is 24.4. The molecule has 0 aliphatic heterocycles. The summed E-state index contributed by atoms with van der Waals surface area (Å²) in [7, 11) is 0. The van der Waals surface area contributed by atoms with Crippen LogP contribution < -0.4 is 26.0 Å². The molecule has 3 fully saturated rings. The summed E-state index contributed by atoms with van der Waals surface area (Å²) in [4.78, 5) is 75.7. The molecule has 75 heavy (non-hydrogen) atoms. The molecule has 4 N–H and O–H groups in total. The molecule has 414 valence electrons. The number of carbonyl (C=O) groups excluding carboxylic acids is 5. The van der Waals surface area contributed by atoms with E-state index in [0.717, 1.165) is 48.3 Å². The van der Waals surface area contributed by atoms with E-state index in [0.29, 0.717) is 54.8 Å². The summed E-state index contributed by atoms with van der Waals surface area (Å²) < 4.78 is 16.7. The molecule has 0 spiro atoms. The molecule has 0 radical (unpaired) electrons. The summed E-state index contributed by atoms with van der Waals surface area (Å²) in [5, 5.41) is 22.3. The highest BCUT2D eigenvalue weighted by Crippen LogP contribution is 2.67. The number of amides is 4. The minimum absolute atomic E-state index is 0.0197. The highest BCUT2D eigenvalue weighted by Gasteiger charge is 2.59. The Kier molecular flexibility index (Phi) is 22.1. The second kappa shape index (κ2) is 27.9. The Morgan fingerprint density at radius 3 is 2.23 bits per heavy atom. The van der Waals surface area contributed by atoms with E-state index >= 15 is 0 Å². The van der Waals surface area contributed by atoms with Gasteiger partial charge in [-0.05, 0) is 165 Å². The largest absolute Gasteiger partial charge is 0.514 e. The zero-order chi connectivity index (χ0) is 54.3.